The fourth-order valence-corrected chi connectivity index (χ4v) is 4.89. The lowest BCUT2D eigenvalue weighted by Gasteiger charge is -2.38. The normalized spacial score (nSPS) is 15.0. The molecule has 2 aromatic rings. The number of halogens is 8. The molecule has 222 valence electrons. The Kier molecular flexibility index (Phi) is 8.92. The largest absolute Gasteiger partial charge is 0.516 e. The minimum Gasteiger partial charge on any atom is -0.388 e. The molecule has 0 aliphatic carbocycles. The van der Waals surface area contributed by atoms with Crippen LogP contribution in [0.4, 0.5) is 57.3 Å². The lowest BCUT2D eigenvalue weighted by molar-refractivity contribution is -0.370. The van der Waals surface area contributed by atoms with Crippen LogP contribution in [-0.2, 0) is 21.2 Å². The molecule has 0 saturated heterocycles. The quantitative estimate of drug-likeness (QED) is 0.193. The van der Waals surface area contributed by atoms with Gasteiger partial charge in [0, 0.05) is 18.3 Å². The van der Waals surface area contributed by atoms with Gasteiger partial charge in [0.2, 0.25) is 5.01 Å². The number of fused-ring (bicyclic) bond motifs is 1. The second kappa shape index (κ2) is 11.4. The highest BCUT2D eigenvalue weighted by atomic mass is 32.2. The van der Waals surface area contributed by atoms with Crippen LogP contribution in [0.1, 0.15) is 48.5 Å². The standard InChI is InChI=1S/C20H20F8N6O4S2/c1-3-11(4-2)34-7-5-6-10-8-12(13(9-14(10)34)33-40(36,37)20(26,27)28)29-31-17-32-30-15(39-17)16(35)38-19(24,25)18(21,22)23/h8-9,11,33H,3-7H2,1-2H3. The Morgan fingerprint density at radius 1 is 1.10 bits per heavy atom. The van der Waals surface area contributed by atoms with Crippen molar-refractivity contribution in [2.24, 2.45) is 10.2 Å². The minimum absolute atomic E-state index is 0.0166. The van der Waals surface area contributed by atoms with Crippen LogP contribution in [0, 0.1) is 0 Å². The number of ether oxygens (including phenoxy) is 1. The molecule has 0 atom stereocenters. The molecule has 1 aliphatic heterocycles. The Bertz CT molecular complexity index is 1370. The summed E-state index contributed by atoms with van der Waals surface area (Å²) in [7, 11) is -5.89. The molecule has 1 aliphatic rings. The van der Waals surface area contributed by atoms with Gasteiger partial charge in [-0.1, -0.05) is 25.2 Å². The Morgan fingerprint density at radius 2 is 1.75 bits per heavy atom. The molecule has 0 radical (unpaired) electrons. The molecular formula is C20H20F8N6O4S2. The van der Waals surface area contributed by atoms with Crippen LogP contribution in [-0.4, -0.2) is 55.0 Å². The number of alkyl halides is 8. The predicted molar refractivity (Wildman–Crippen MR) is 126 cm³/mol. The highest BCUT2D eigenvalue weighted by Crippen LogP contribution is 2.41. The van der Waals surface area contributed by atoms with Gasteiger partial charge in [0.1, 0.15) is 5.69 Å². The van der Waals surface area contributed by atoms with Crippen molar-refractivity contribution in [3.05, 3.63) is 22.7 Å². The van der Waals surface area contributed by atoms with Gasteiger partial charge in [0.25, 0.3) is 5.13 Å². The third-order valence-electron chi connectivity index (χ3n) is 5.67. The second-order valence-corrected chi connectivity index (χ2v) is 10.9. The van der Waals surface area contributed by atoms with Crippen LogP contribution >= 0.6 is 11.3 Å². The Hall–Kier alpha value is -3.16. The zero-order valence-electron chi connectivity index (χ0n) is 20.5. The van der Waals surface area contributed by atoms with Gasteiger partial charge in [0.15, 0.2) is 0 Å². The number of hydrogen-bond donors (Lipinski definition) is 1. The number of hydrogen-bond acceptors (Lipinski definition) is 10. The van der Waals surface area contributed by atoms with Crippen LogP contribution in [0.5, 0.6) is 0 Å². The van der Waals surface area contributed by atoms with Crippen molar-refractivity contribution in [3.63, 3.8) is 0 Å². The summed E-state index contributed by atoms with van der Waals surface area (Å²) in [4.78, 5) is 13.6. The van der Waals surface area contributed by atoms with Crippen molar-refractivity contribution in [1.82, 2.24) is 10.2 Å². The molecule has 0 fully saturated rings. The minimum atomic E-state index is -6.19. The van der Waals surface area contributed by atoms with E-state index < -0.39 is 49.6 Å². The van der Waals surface area contributed by atoms with E-state index >= 15 is 0 Å². The summed E-state index contributed by atoms with van der Waals surface area (Å²) in [6.07, 6.45) is -9.43. The first-order valence-corrected chi connectivity index (χ1v) is 13.7. The third-order valence-corrected chi connectivity index (χ3v) is 7.55. The molecule has 0 bridgehead atoms. The third kappa shape index (κ3) is 6.76. The number of sulfonamides is 1. The highest BCUT2D eigenvalue weighted by molar-refractivity contribution is 7.93. The number of esters is 1. The number of nitrogens with zero attached hydrogens (tertiary/aromatic N) is 5. The molecule has 40 heavy (non-hydrogen) atoms. The number of carbonyl (C=O) groups is 1. The van der Waals surface area contributed by atoms with Crippen LogP contribution in [0.15, 0.2) is 22.4 Å². The summed E-state index contributed by atoms with van der Waals surface area (Å²) in [5.74, 6) is -2.17. The lowest BCUT2D eigenvalue weighted by atomic mass is 9.97. The van der Waals surface area contributed by atoms with Gasteiger partial charge in [-0.3, -0.25) is 4.72 Å². The van der Waals surface area contributed by atoms with Crippen molar-refractivity contribution in [2.45, 2.75) is 63.4 Å². The van der Waals surface area contributed by atoms with E-state index in [2.05, 4.69) is 25.2 Å². The maximum Gasteiger partial charge on any atom is 0.516 e. The number of rotatable bonds is 9. The monoisotopic (exact) mass is 624 g/mol. The number of nitrogens with one attached hydrogen (secondary N) is 1. The van der Waals surface area contributed by atoms with Crippen molar-refractivity contribution in [2.75, 3.05) is 16.2 Å². The highest BCUT2D eigenvalue weighted by Gasteiger charge is 2.62. The predicted octanol–water partition coefficient (Wildman–Crippen LogP) is 6.47. The van der Waals surface area contributed by atoms with Crippen LogP contribution in [0.2, 0.25) is 0 Å². The molecule has 2 heterocycles. The topological polar surface area (TPSA) is 126 Å². The van der Waals surface area contributed by atoms with Crippen LogP contribution in [0.3, 0.4) is 0 Å². The van der Waals surface area contributed by atoms with E-state index in [0.29, 0.717) is 43.5 Å². The van der Waals surface area contributed by atoms with Gasteiger partial charge in [-0.2, -0.15) is 43.5 Å². The SMILES string of the molecule is CCC(CC)N1CCCc2cc(N=Nc3nnc(C(=O)OC(F)(F)C(F)(F)F)s3)c(NS(=O)(=O)C(F)(F)F)cc21. The van der Waals surface area contributed by atoms with E-state index in [4.69, 9.17) is 0 Å². The molecule has 3 rings (SSSR count). The van der Waals surface area contributed by atoms with Crippen molar-refractivity contribution >= 4 is 49.5 Å². The summed E-state index contributed by atoms with van der Waals surface area (Å²) in [5.41, 5.74) is -5.53. The first-order valence-electron chi connectivity index (χ1n) is 11.4. The van der Waals surface area contributed by atoms with E-state index in [1.54, 1.807) is 0 Å². The number of aromatic nitrogens is 2. The van der Waals surface area contributed by atoms with Crippen molar-refractivity contribution in [3.8, 4) is 0 Å². The summed E-state index contributed by atoms with van der Waals surface area (Å²) < 4.78 is 130. The number of benzene rings is 1. The van der Waals surface area contributed by atoms with Crippen LogP contribution in [0.25, 0.3) is 0 Å². The Balaban J connectivity index is 1.99. The summed E-state index contributed by atoms with van der Waals surface area (Å²) in [5, 5.41) is 12.0. The number of aryl methyl sites for hydroxylation is 1. The molecule has 0 amide bonds. The molecule has 1 N–H and O–H groups in total. The Morgan fingerprint density at radius 3 is 2.33 bits per heavy atom. The van der Waals surface area contributed by atoms with Gasteiger partial charge >= 0.3 is 33.8 Å². The first kappa shape index (κ1) is 31.4. The summed E-state index contributed by atoms with van der Waals surface area (Å²) >= 11 is 0.0891. The van der Waals surface area contributed by atoms with Crippen molar-refractivity contribution in [1.29, 1.82) is 0 Å². The summed E-state index contributed by atoms with van der Waals surface area (Å²) in [6.45, 7) is 4.42. The summed E-state index contributed by atoms with van der Waals surface area (Å²) in [6, 6.07) is 2.51. The maximum atomic E-state index is 13.1. The number of azo groups is 1. The first-order chi connectivity index (χ1) is 18.4. The lowest BCUT2D eigenvalue weighted by Crippen LogP contribution is -2.40. The van der Waals surface area contributed by atoms with E-state index in [-0.39, 0.29) is 23.1 Å². The van der Waals surface area contributed by atoms with E-state index in [1.807, 2.05) is 18.7 Å². The Labute approximate surface area is 225 Å². The van der Waals surface area contributed by atoms with Gasteiger partial charge < -0.3 is 9.64 Å². The van der Waals surface area contributed by atoms with Crippen molar-refractivity contribution < 1.29 is 53.1 Å². The van der Waals surface area contributed by atoms with Gasteiger partial charge in [-0.05, 0) is 43.4 Å². The molecule has 20 heteroatoms. The molecule has 1 aromatic heterocycles. The fraction of sp³-hybridized carbons (Fsp3) is 0.550. The van der Waals surface area contributed by atoms with E-state index in [0.717, 1.165) is 0 Å². The van der Waals surface area contributed by atoms with E-state index in [1.165, 1.54) is 16.9 Å². The number of carbonyl (C=O) groups excluding carboxylic acids is 1. The van der Waals surface area contributed by atoms with Crippen LogP contribution < -0.4 is 9.62 Å². The fourth-order valence-electron chi connectivity index (χ4n) is 3.78. The average Bonchev–Trinajstić information content (AvgIpc) is 3.31. The molecule has 0 saturated carbocycles. The molecular weight excluding hydrogens is 604 g/mol. The van der Waals surface area contributed by atoms with Gasteiger partial charge in [-0.25, -0.2) is 4.79 Å². The van der Waals surface area contributed by atoms with E-state index in [9.17, 15) is 48.3 Å². The average molecular weight is 625 g/mol. The second-order valence-electron chi connectivity index (χ2n) is 8.31. The van der Waals surface area contributed by atoms with Gasteiger partial charge in [-0.15, -0.1) is 20.4 Å². The zero-order valence-corrected chi connectivity index (χ0v) is 22.1. The molecule has 0 spiro atoms. The molecule has 1 aromatic carbocycles. The molecule has 0 unspecified atom stereocenters. The smallest absolute Gasteiger partial charge is 0.388 e. The zero-order chi connectivity index (χ0) is 30.1. The maximum absolute atomic E-state index is 13.1. The number of anilines is 2. The molecule has 10 nitrogen and oxygen atoms in total. The van der Waals surface area contributed by atoms with Gasteiger partial charge in [0.05, 0.1) is 5.69 Å².